The van der Waals surface area contributed by atoms with Crippen LogP contribution in [0, 0.1) is 20.8 Å². The van der Waals surface area contributed by atoms with E-state index in [1.54, 1.807) is 6.92 Å². The van der Waals surface area contributed by atoms with Gasteiger partial charge in [0.1, 0.15) is 5.56 Å². The number of aromatic nitrogens is 3. The summed E-state index contributed by atoms with van der Waals surface area (Å²) in [6.07, 6.45) is -3.92. The molecule has 31 heavy (non-hydrogen) atoms. The van der Waals surface area contributed by atoms with Crippen molar-refractivity contribution >= 4 is 5.91 Å². The predicted octanol–water partition coefficient (Wildman–Crippen LogP) is 3.80. The number of amides is 1. The largest absolute Gasteiger partial charge is 0.416 e. The lowest BCUT2D eigenvalue weighted by Gasteiger charge is -2.14. The summed E-state index contributed by atoms with van der Waals surface area (Å²) in [6, 6.07) is 9.34. The van der Waals surface area contributed by atoms with Crippen LogP contribution in [0.15, 0.2) is 47.3 Å². The van der Waals surface area contributed by atoms with Crippen molar-refractivity contribution in [2.24, 2.45) is 0 Å². The van der Waals surface area contributed by atoms with E-state index in [1.807, 2.05) is 24.6 Å². The molecule has 1 N–H and O–H groups in total. The fourth-order valence-electron chi connectivity index (χ4n) is 3.37. The molecule has 0 saturated carbocycles. The number of pyridine rings is 1. The first-order chi connectivity index (χ1) is 14.6. The monoisotopic (exact) mass is 432 g/mol. The summed E-state index contributed by atoms with van der Waals surface area (Å²) in [5, 5.41) is 7.05. The lowest BCUT2D eigenvalue weighted by atomic mass is 10.1. The SMILES string of the molecule is Cc1cc(C)n(CCCNC(=O)c2ccc(C)n(-c3cccc(C(F)(F)F)c3)c2=O)n1. The molecule has 0 saturated heterocycles. The molecule has 0 bridgehead atoms. The summed E-state index contributed by atoms with van der Waals surface area (Å²) in [7, 11) is 0. The van der Waals surface area contributed by atoms with Gasteiger partial charge >= 0.3 is 6.18 Å². The van der Waals surface area contributed by atoms with Gasteiger partial charge in [-0.3, -0.25) is 18.8 Å². The van der Waals surface area contributed by atoms with Gasteiger partial charge in [-0.2, -0.15) is 18.3 Å². The zero-order valence-corrected chi connectivity index (χ0v) is 17.5. The van der Waals surface area contributed by atoms with Crippen LogP contribution >= 0.6 is 0 Å². The zero-order valence-electron chi connectivity index (χ0n) is 17.5. The highest BCUT2D eigenvalue weighted by Gasteiger charge is 2.30. The Morgan fingerprint density at radius 2 is 1.81 bits per heavy atom. The maximum absolute atomic E-state index is 13.1. The van der Waals surface area contributed by atoms with E-state index in [4.69, 9.17) is 0 Å². The van der Waals surface area contributed by atoms with Crippen LogP contribution in [0.25, 0.3) is 5.69 Å². The molecule has 0 unspecified atom stereocenters. The summed E-state index contributed by atoms with van der Waals surface area (Å²) in [4.78, 5) is 25.4. The van der Waals surface area contributed by atoms with Crippen LogP contribution in [-0.2, 0) is 12.7 Å². The quantitative estimate of drug-likeness (QED) is 0.603. The van der Waals surface area contributed by atoms with Gasteiger partial charge in [0, 0.05) is 30.2 Å². The molecule has 9 heteroatoms. The van der Waals surface area contributed by atoms with Crippen molar-refractivity contribution in [1.29, 1.82) is 0 Å². The van der Waals surface area contributed by atoms with Crippen LogP contribution in [0.1, 0.15) is 39.4 Å². The number of halogens is 3. The molecule has 0 spiro atoms. The lowest BCUT2D eigenvalue weighted by Crippen LogP contribution is -2.34. The van der Waals surface area contributed by atoms with Crippen molar-refractivity contribution in [3.8, 4) is 5.69 Å². The third-order valence-corrected chi connectivity index (χ3v) is 4.89. The summed E-state index contributed by atoms with van der Waals surface area (Å²) in [5.74, 6) is -0.570. The molecular formula is C22H23F3N4O2. The highest BCUT2D eigenvalue weighted by atomic mass is 19.4. The summed E-state index contributed by atoms with van der Waals surface area (Å²) in [6.45, 7) is 6.38. The third kappa shape index (κ3) is 5.04. The van der Waals surface area contributed by atoms with Crippen LogP contribution in [0.3, 0.4) is 0 Å². The molecule has 0 aliphatic rings. The van der Waals surface area contributed by atoms with Gasteiger partial charge in [0.2, 0.25) is 0 Å². The van der Waals surface area contributed by atoms with Gasteiger partial charge in [0.15, 0.2) is 0 Å². The molecule has 0 aliphatic heterocycles. The van der Waals surface area contributed by atoms with Crippen molar-refractivity contribution in [3.63, 3.8) is 0 Å². The van der Waals surface area contributed by atoms with E-state index in [0.717, 1.165) is 28.1 Å². The average Bonchev–Trinajstić information content (AvgIpc) is 3.02. The molecule has 164 valence electrons. The highest BCUT2D eigenvalue weighted by molar-refractivity contribution is 5.93. The second kappa shape index (κ2) is 8.79. The Morgan fingerprint density at radius 3 is 2.45 bits per heavy atom. The molecular weight excluding hydrogens is 409 g/mol. The first-order valence-electron chi connectivity index (χ1n) is 9.77. The molecule has 2 heterocycles. The van der Waals surface area contributed by atoms with E-state index < -0.39 is 23.2 Å². The summed E-state index contributed by atoms with van der Waals surface area (Å²) in [5.41, 5.74) is 0.740. The molecule has 0 atom stereocenters. The molecule has 2 aromatic heterocycles. The number of nitrogens with zero attached hydrogens (tertiary/aromatic N) is 3. The Kier molecular flexibility index (Phi) is 6.33. The average molecular weight is 432 g/mol. The molecule has 0 aliphatic carbocycles. The van der Waals surface area contributed by atoms with Gasteiger partial charge in [-0.25, -0.2) is 0 Å². The first-order valence-corrected chi connectivity index (χ1v) is 9.77. The Hall–Kier alpha value is -3.36. The molecule has 1 aromatic carbocycles. The number of alkyl halides is 3. The van der Waals surface area contributed by atoms with E-state index in [9.17, 15) is 22.8 Å². The second-order valence-corrected chi connectivity index (χ2v) is 7.34. The minimum absolute atomic E-state index is 0.0523. The molecule has 3 aromatic rings. The third-order valence-electron chi connectivity index (χ3n) is 4.89. The zero-order chi connectivity index (χ0) is 22.8. The molecule has 0 radical (unpaired) electrons. The van der Waals surface area contributed by atoms with Gasteiger partial charge < -0.3 is 5.32 Å². The number of aryl methyl sites for hydroxylation is 4. The Labute approximate surface area is 177 Å². The maximum atomic E-state index is 13.1. The maximum Gasteiger partial charge on any atom is 0.416 e. The fraction of sp³-hybridized carbons (Fsp3) is 0.318. The number of carbonyl (C=O) groups excluding carboxylic acids is 1. The van der Waals surface area contributed by atoms with Crippen LogP contribution in [0.2, 0.25) is 0 Å². The fourth-order valence-corrected chi connectivity index (χ4v) is 3.37. The summed E-state index contributed by atoms with van der Waals surface area (Å²) >= 11 is 0. The minimum atomic E-state index is -4.53. The molecule has 1 amide bonds. The number of benzene rings is 1. The van der Waals surface area contributed by atoms with Gasteiger partial charge in [-0.1, -0.05) is 6.07 Å². The van der Waals surface area contributed by atoms with Crippen molar-refractivity contribution in [3.05, 3.63) is 81.0 Å². The number of carbonyl (C=O) groups is 1. The number of hydrogen-bond acceptors (Lipinski definition) is 3. The van der Waals surface area contributed by atoms with Crippen molar-refractivity contribution in [1.82, 2.24) is 19.7 Å². The second-order valence-electron chi connectivity index (χ2n) is 7.34. The normalized spacial score (nSPS) is 11.5. The van der Waals surface area contributed by atoms with E-state index in [1.165, 1.54) is 24.3 Å². The highest BCUT2D eigenvalue weighted by Crippen LogP contribution is 2.30. The van der Waals surface area contributed by atoms with Gasteiger partial charge in [-0.15, -0.1) is 0 Å². The topological polar surface area (TPSA) is 68.9 Å². The lowest BCUT2D eigenvalue weighted by molar-refractivity contribution is -0.137. The van der Waals surface area contributed by atoms with Gasteiger partial charge in [0.25, 0.3) is 11.5 Å². The van der Waals surface area contributed by atoms with E-state index in [-0.39, 0.29) is 11.3 Å². The Bertz CT molecular complexity index is 1160. The molecule has 3 rings (SSSR count). The van der Waals surface area contributed by atoms with Crippen molar-refractivity contribution in [2.75, 3.05) is 6.54 Å². The number of rotatable bonds is 6. The standard InChI is InChI=1S/C22H23F3N4O2/c1-14-12-16(3)28(27-14)11-5-10-26-20(30)19-9-8-15(2)29(21(19)31)18-7-4-6-17(13-18)22(23,24)25/h4,6-9,12-13H,5,10-11H2,1-3H3,(H,26,30). The number of nitrogens with one attached hydrogen (secondary N) is 1. The Morgan fingerprint density at radius 1 is 1.06 bits per heavy atom. The van der Waals surface area contributed by atoms with E-state index >= 15 is 0 Å². The van der Waals surface area contributed by atoms with Gasteiger partial charge in [0.05, 0.1) is 11.3 Å². The Balaban J connectivity index is 1.76. The smallest absolute Gasteiger partial charge is 0.352 e. The molecule has 6 nitrogen and oxygen atoms in total. The summed E-state index contributed by atoms with van der Waals surface area (Å²) < 4.78 is 42.1. The van der Waals surface area contributed by atoms with Crippen LogP contribution in [0.5, 0.6) is 0 Å². The van der Waals surface area contributed by atoms with Crippen LogP contribution in [0.4, 0.5) is 13.2 Å². The van der Waals surface area contributed by atoms with Crippen molar-refractivity contribution < 1.29 is 18.0 Å². The van der Waals surface area contributed by atoms with Gasteiger partial charge in [-0.05, 0) is 63.6 Å². The van der Waals surface area contributed by atoms with E-state index in [0.29, 0.717) is 25.2 Å². The minimum Gasteiger partial charge on any atom is -0.352 e. The molecule has 0 fully saturated rings. The van der Waals surface area contributed by atoms with Crippen LogP contribution in [-0.4, -0.2) is 26.8 Å². The van der Waals surface area contributed by atoms with E-state index in [2.05, 4.69) is 10.4 Å². The number of hydrogen-bond donors (Lipinski definition) is 1. The van der Waals surface area contributed by atoms with Crippen LogP contribution < -0.4 is 10.9 Å². The predicted molar refractivity (Wildman–Crippen MR) is 110 cm³/mol. The first kappa shape index (κ1) is 22.3. The van der Waals surface area contributed by atoms with Crippen molar-refractivity contribution in [2.45, 2.75) is 39.9 Å².